The molecule has 0 atom stereocenters. The Balaban J connectivity index is 2.31. The van der Waals surface area contributed by atoms with Crippen molar-refractivity contribution >= 4 is 23.0 Å². The molecule has 1 fully saturated rings. The standard InChI is InChI=1S/C11H14N4O3/c12-8-4-9(6-10(5-8)15(17)18)14-3-1-2-13-11(16)7-14/h4-6H,1-3,7,12H2,(H,13,16). The van der Waals surface area contributed by atoms with Crippen LogP contribution in [0, 0.1) is 10.1 Å². The summed E-state index contributed by atoms with van der Waals surface area (Å²) in [4.78, 5) is 23.5. The molecule has 96 valence electrons. The zero-order chi connectivity index (χ0) is 13.1. The van der Waals surface area contributed by atoms with Crippen molar-refractivity contribution in [1.29, 1.82) is 0 Å². The molecule has 0 spiro atoms. The number of nitro benzene ring substituents is 1. The second-order valence-electron chi connectivity index (χ2n) is 4.16. The fourth-order valence-electron chi connectivity index (χ4n) is 1.93. The normalized spacial score (nSPS) is 16.0. The molecule has 1 aliphatic heterocycles. The molecule has 1 aromatic rings. The van der Waals surface area contributed by atoms with E-state index in [2.05, 4.69) is 5.32 Å². The number of carbonyl (C=O) groups is 1. The van der Waals surface area contributed by atoms with Gasteiger partial charge in [0.25, 0.3) is 5.69 Å². The summed E-state index contributed by atoms with van der Waals surface area (Å²) in [6.45, 7) is 1.49. The lowest BCUT2D eigenvalue weighted by Crippen LogP contribution is -2.33. The van der Waals surface area contributed by atoms with Gasteiger partial charge in [0.05, 0.1) is 11.5 Å². The molecule has 1 aliphatic rings. The molecule has 3 N–H and O–H groups in total. The third-order valence-electron chi connectivity index (χ3n) is 2.76. The zero-order valence-corrected chi connectivity index (χ0v) is 9.76. The average molecular weight is 250 g/mol. The first-order chi connectivity index (χ1) is 8.56. The van der Waals surface area contributed by atoms with Gasteiger partial charge in [0.2, 0.25) is 5.91 Å². The molecule has 1 amide bonds. The summed E-state index contributed by atoms with van der Waals surface area (Å²) in [5.74, 6) is -0.0856. The minimum atomic E-state index is -0.488. The van der Waals surface area contributed by atoms with Crippen molar-refractivity contribution < 1.29 is 9.72 Å². The number of carbonyl (C=O) groups excluding carboxylic acids is 1. The first-order valence-electron chi connectivity index (χ1n) is 5.63. The van der Waals surface area contributed by atoms with E-state index < -0.39 is 4.92 Å². The fourth-order valence-corrected chi connectivity index (χ4v) is 1.93. The number of nitrogens with two attached hydrogens (primary N) is 1. The molecule has 0 aromatic heterocycles. The monoisotopic (exact) mass is 250 g/mol. The number of nitrogen functional groups attached to an aromatic ring is 1. The molecule has 7 nitrogen and oxygen atoms in total. The number of nitro groups is 1. The van der Waals surface area contributed by atoms with E-state index in [0.717, 1.165) is 6.42 Å². The van der Waals surface area contributed by atoms with Crippen LogP contribution in [0.2, 0.25) is 0 Å². The topological polar surface area (TPSA) is 102 Å². The van der Waals surface area contributed by atoms with Crippen LogP contribution in [0.25, 0.3) is 0 Å². The van der Waals surface area contributed by atoms with Crippen LogP contribution in [0.15, 0.2) is 18.2 Å². The molecule has 0 bridgehead atoms. The van der Waals surface area contributed by atoms with Crippen LogP contribution in [-0.4, -0.2) is 30.5 Å². The van der Waals surface area contributed by atoms with Crippen LogP contribution >= 0.6 is 0 Å². The van der Waals surface area contributed by atoms with Crippen molar-refractivity contribution in [2.75, 3.05) is 30.3 Å². The molecule has 0 unspecified atom stereocenters. The molecule has 2 rings (SSSR count). The van der Waals surface area contributed by atoms with Crippen molar-refractivity contribution in [3.05, 3.63) is 28.3 Å². The smallest absolute Gasteiger partial charge is 0.273 e. The molecule has 0 aliphatic carbocycles. The van der Waals surface area contributed by atoms with E-state index in [-0.39, 0.29) is 18.1 Å². The zero-order valence-electron chi connectivity index (χ0n) is 9.76. The third-order valence-corrected chi connectivity index (χ3v) is 2.76. The Morgan fingerprint density at radius 2 is 2.17 bits per heavy atom. The Morgan fingerprint density at radius 1 is 1.39 bits per heavy atom. The highest BCUT2D eigenvalue weighted by Crippen LogP contribution is 2.25. The fraction of sp³-hybridized carbons (Fsp3) is 0.364. The van der Waals surface area contributed by atoms with Gasteiger partial charge in [0.1, 0.15) is 0 Å². The summed E-state index contributed by atoms with van der Waals surface area (Å²) >= 11 is 0. The molecular formula is C11H14N4O3. The lowest BCUT2D eigenvalue weighted by molar-refractivity contribution is -0.384. The third kappa shape index (κ3) is 2.68. The van der Waals surface area contributed by atoms with Gasteiger partial charge in [0.15, 0.2) is 0 Å². The lowest BCUT2D eigenvalue weighted by atomic mass is 10.2. The number of amides is 1. The summed E-state index contributed by atoms with van der Waals surface area (Å²) in [6.07, 6.45) is 0.800. The van der Waals surface area contributed by atoms with E-state index in [4.69, 9.17) is 5.73 Å². The first kappa shape index (κ1) is 12.2. The van der Waals surface area contributed by atoms with Crippen LogP contribution in [0.3, 0.4) is 0 Å². The van der Waals surface area contributed by atoms with Gasteiger partial charge in [0, 0.05) is 36.6 Å². The van der Waals surface area contributed by atoms with E-state index in [9.17, 15) is 14.9 Å². The Hall–Kier alpha value is -2.31. The van der Waals surface area contributed by atoms with Crippen molar-refractivity contribution in [2.24, 2.45) is 0 Å². The van der Waals surface area contributed by atoms with E-state index in [1.165, 1.54) is 12.1 Å². The highest BCUT2D eigenvalue weighted by atomic mass is 16.6. The van der Waals surface area contributed by atoms with Crippen molar-refractivity contribution in [3.63, 3.8) is 0 Å². The number of hydrogen-bond donors (Lipinski definition) is 2. The number of anilines is 2. The first-order valence-corrected chi connectivity index (χ1v) is 5.63. The number of non-ortho nitro benzene ring substituents is 1. The Labute approximate surface area is 104 Å². The minimum absolute atomic E-state index is 0.0605. The Morgan fingerprint density at radius 3 is 2.89 bits per heavy atom. The molecule has 1 heterocycles. The van der Waals surface area contributed by atoms with Crippen LogP contribution in [0.4, 0.5) is 17.1 Å². The molecule has 18 heavy (non-hydrogen) atoms. The summed E-state index contributed by atoms with van der Waals surface area (Å²) in [7, 11) is 0. The van der Waals surface area contributed by atoms with Gasteiger partial charge in [-0.25, -0.2) is 0 Å². The second-order valence-corrected chi connectivity index (χ2v) is 4.16. The van der Waals surface area contributed by atoms with Crippen molar-refractivity contribution in [1.82, 2.24) is 5.32 Å². The quantitative estimate of drug-likeness (QED) is 0.452. The minimum Gasteiger partial charge on any atom is -0.398 e. The predicted octanol–water partition coefficient (Wildman–Crippen LogP) is 0.503. The van der Waals surface area contributed by atoms with Gasteiger partial charge in [-0.3, -0.25) is 14.9 Å². The van der Waals surface area contributed by atoms with E-state index in [0.29, 0.717) is 24.5 Å². The van der Waals surface area contributed by atoms with Crippen molar-refractivity contribution in [3.8, 4) is 0 Å². The van der Waals surface area contributed by atoms with Crippen LogP contribution in [-0.2, 0) is 4.79 Å². The lowest BCUT2D eigenvalue weighted by Gasteiger charge is -2.21. The summed E-state index contributed by atoms with van der Waals surface area (Å²) in [5, 5.41) is 13.5. The maximum Gasteiger partial charge on any atom is 0.273 e. The maximum absolute atomic E-state index is 11.5. The van der Waals surface area contributed by atoms with E-state index >= 15 is 0 Å². The van der Waals surface area contributed by atoms with Gasteiger partial charge < -0.3 is 16.0 Å². The Bertz CT molecular complexity index is 489. The average Bonchev–Trinajstić information content (AvgIpc) is 2.53. The Kier molecular flexibility index (Phi) is 3.31. The number of nitrogens with zero attached hydrogens (tertiary/aromatic N) is 2. The molecule has 0 saturated carbocycles. The maximum atomic E-state index is 11.5. The number of benzene rings is 1. The van der Waals surface area contributed by atoms with Gasteiger partial charge in [-0.1, -0.05) is 0 Å². The summed E-state index contributed by atoms with van der Waals surface area (Å²) < 4.78 is 0. The van der Waals surface area contributed by atoms with Crippen LogP contribution in [0.1, 0.15) is 6.42 Å². The SMILES string of the molecule is Nc1cc(N2CCCNC(=O)C2)cc([N+](=O)[O-])c1. The second kappa shape index (κ2) is 4.91. The summed E-state index contributed by atoms with van der Waals surface area (Å²) in [5.41, 5.74) is 6.52. The molecule has 1 aromatic carbocycles. The molecular weight excluding hydrogens is 236 g/mol. The largest absolute Gasteiger partial charge is 0.398 e. The van der Waals surface area contributed by atoms with Crippen LogP contribution in [0.5, 0.6) is 0 Å². The van der Waals surface area contributed by atoms with Gasteiger partial charge in [-0.15, -0.1) is 0 Å². The van der Waals surface area contributed by atoms with E-state index in [1.807, 2.05) is 0 Å². The number of hydrogen-bond acceptors (Lipinski definition) is 5. The molecule has 1 saturated heterocycles. The molecule has 7 heteroatoms. The number of rotatable bonds is 2. The van der Waals surface area contributed by atoms with Crippen LogP contribution < -0.4 is 16.0 Å². The summed E-state index contributed by atoms with van der Waals surface area (Å²) in [6, 6.07) is 4.39. The van der Waals surface area contributed by atoms with Gasteiger partial charge in [-0.2, -0.15) is 0 Å². The van der Waals surface area contributed by atoms with Gasteiger partial charge >= 0.3 is 0 Å². The predicted molar refractivity (Wildman–Crippen MR) is 67.3 cm³/mol. The highest BCUT2D eigenvalue weighted by Gasteiger charge is 2.18. The van der Waals surface area contributed by atoms with Gasteiger partial charge in [-0.05, 0) is 12.5 Å². The highest BCUT2D eigenvalue weighted by molar-refractivity contribution is 5.82. The number of nitrogens with one attached hydrogen (secondary N) is 1. The van der Waals surface area contributed by atoms with Crippen molar-refractivity contribution in [2.45, 2.75) is 6.42 Å². The molecule has 0 radical (unpaired) electrons. The van der Waals surface area contributed by atoms with E-state index in [1.54, 1.807) is 11.0 Å².